The van der Waals surface area contributed by atoms with Gasteiger partial charge in [0.2, 0.25) is 0 Å². The third-order valence-corrected chi connectivity index (χ3v) is 4.01. The van der Waals surface area contributed by atoms with Gasteiger partial charge in [-0.15, -0.1) is 0 Å². The van der Waals surface area contributed by atoms with Crippen LogP contribution in [-0.2, 0) is 6.18 Å². The van der Waals surface area contributed by atoms with E-state index < -0.39 is 35.4 Å². The Morgan fingerprint density at radius 3 is 2.17 bits per heavy atom. The Morgan fingerprint density at radius 1 is 1.09 bits per heavy atom. The number of piperazine rings is 1. The number of halogens is 7. The number of hydrogen-bond acceptors (Lipinski definition) is 2. The molecule has 1 aliphatic rings. The topological polar surface area (TPSA) is 15.3 Å². The Morgan fingerprint density at radius 2 is 1.70 bits per heavy atom. The van der Waals surface area contributed by atoms with E-state index in [0.29, 0.717) is 26.2 Å². The minimum absolute atomic E-state index is 0.141. The minimum Gasteiger partial charge on any atom is -0.314 e. The molecule has 1 aromatic carbocycles. The van der Waals surface area contributed by atoms with Crippen molar-refractivity contribution >= 4 is 11.6 Å². The zero-order valence-corrected chi connectivity index (χ0v) is 12.7. The van der Waals surface area contributed by atoms with Crippen molar-refractivity contribution in [1.29, 1.82) is 0 Å². The van der Waals surface area contributed by atoms with Crippen molar-refractivity contribution in [2.24, 2.45) is 0 Å². The van der Waals surface area contributed by atoms with Crippen molar-refractivity contribution in [2.75, 3.05) is 26.2 Å². The van der Waals surface area contributed by atoms with Crippen LogP contribution in [0.25, 0.3) is 0 Å². The van der Waals surface area contributed by atoms with Gasteiger partial charge in [-0.05, 0) is 17.7 Å². The number of benzene rings is 1. The van der Waals surface area contributed by atoms with Crippen molar-refractivity contribution in [1.82, 2.24) is 10.2 Å². The van der Waals surface area contributed by atoms with Gasteiger partial charge in [-0.3, -0.25) is 4.90 Å². The average molecular weight is 361 g/mol. The molecule has 0 saturated carbocycles. The van der Waals surface area contributed by atoms with Crippen molar-refractivity contribution in [3.8, 4) is 0 Å². The van der Waals surface area contributed by atoms with E-state index >= 15 is 0 Å². The van der Waals surface area contributed by atoms with Gasteiger partial charge in [-0.1, -0.05) is 17.7 Å². The summed E-state index contributed by atoms with van der Waals surface area (Å²) in [6, 6.07) is 1.76. The van der Waals surface area contributed by atoms with E-state index in [1.807, 2.05) is 0 Å². The summed E-state index contributed by atoms with van der Waals surface area (Å²) >= 11 is 5.64. The largest absolute Gasteiger partial charge is 0.417 e. The van der Waals surface area contributed by atoms with Gasteiger partial charge in [0, 0.05) is 32.2 Å². The van der Waals surface area contributed by atoms with Gasteiger partial charge in [-0.25, -0.2) is 0 Å². The molecule has 23 heavy (non-hydrogen) atoms. The van der Waals surface area contributed by atoms with Crippen molar-refractivity contribution in [3.63, 3.8) is 0 Å². The molecule has 0 bridgehead atoms. The van der Waals surface area contributed by atoms with E-state index in [4.69, 9.17) is 11.6 Å². The maximum Gasteiger partial charge on any atom is 0.417 e. The highest BCUT2D eigenvalue weighted by Crippen LogP contribution is 2.39. The molecule has 1 heterocycles. The van der Waals surface area contributed by atoms with Gasteiger partial charge in [0.15, 0.2) is 0 Å². The van der Waals surface area contributed by atoms with Gasteiger partial charge in [0.1, 0.15) is 0 Å². The molecular weight excluding hydrogens is 346 g/mol. The molecule has 1 aromatic rings. The van der Waals surface area contributed by atoms with Crippen LogP contribution >= 0.6 is 11.6 Å². The number of rotatable bonds is 3. The lowest BCUT2D eigenvalue weighted by atomic mass is 9.99. The highest BCUT2D eigenvalue weighted by atomic mass is 35.5. The van der Waals surface area contributed by atoms with E-state index in [-0.39, 0.29) is 5.56 Å². The Balaban J connectivity index is 2.33. The highest BCUT2D eigenvalue weighted by molar-refractivity contribution is 6.31. The van der Waals surface area contributed by atoms with Crippen LogP contribution in [0.3, 0.4) is 0 Å². The SMILES string of the molecule is FC(F)(F)C[C@@H](c1ccc(C(F)(F)F)c(Cl)c1)N1CCNCC1. The van der Waals surface area contributed by atoms with Crippen LogP contribution < -0.4 is 5.32 Å². The van der Waals surface area contributed by atoms with Gasteiger partial charge < -0.3 is 5.32 Å². The van der Waals surface area contributed by atoms with E-state index in [2.05, 4.69) is 5.32 Å². The van der Waals surface area contributed by atoms with Crippen molar-refractivity contribution < 1.29 is 26.3 Å². The van der Waals surface area contributed by atoms with Crippen LogP contribution in [0, 0.1) is 0 Å². The molecule has 1 aliphatic heterocycles. The monoisotopic (exact) mass is 360 g/mol. The zero-order valence-electron chi connectivity index (χ0n) is 11.9. The van der Waals surface area contributed by atoms with Crippen LogP contribution in [0.5, 0.6) is 0 Å². The molecule has 1 atom stereocenters. The molecule has 1 N–H and O–H groups in total. The number of nitrogens with zero attached hydrogens (tertiary/aromatic N) is 1. The lowest BCUT2D eigenvalue weighted by molar-refractivity contribution is -0.149. The first kappa shape index (κ1) is 18.4. The Bertz CT molecular complexity index is 537. The fraction of sp³-hybridized carbons (Fsp3) is 0.571. The van der Waals surface area contributed by atoms with Crippen LogP contribution in [0.2, 0.25) is 5.02 Å². The quantitative estimate of drug-likeness (QED) is 0.810. The summed E-state index contributed by atoms with van der Waals surface area (Å²) in [5.74, 6) is 0. The molecule has 2 rings (SSSR count). The highest BCUT2D eigenvalue weighted by Gasteiger charge is 2.37. The predicted octanol–water partition coefficient (Wildman–Crippen LogP) is 4.26. The maximum absolute atomic E-state index is 12.9. The van der Waals surface area contributed by atoms with E-state index in [1.54, 1.807) is 4.90 Å². The Hall–Kier alpha value is -0.990. The third kappa shape index (κ3) is 4.99. The molecule has 1 fully saturated rings. The van der Waals surface area contributed by atoms with Crippen LogP contribution in [0.15, 0.2) is 18.2 Å². The lowest BCUT2D eigenvalue weighted by Crippen LogP contribution is -2.46. The average Bonchev–Trinajstić information content (AvgIpc) is 2.43. The number of hydrogen-bond donors (Lipinski definition) is 1. The molecule has 2 nitrogen and oxygen atoms in total. The van der Waals surface area contributed by atoms with E-state index in [9.17, 15) is 26.3 Å². The predicted molar refractivity (Wildman–Crippen MR) is 74.3 cm³/mol. The fourth-order valence-corrected chi connectivity index (χ4v) is 2.94. The summed E-state index contributed by atoms with van der Waals surface area (Å²) in [5.41, 5.74) is -0.906. The summed E-state index contributed by atoms with van der Waals surface area (Å²) in [4.78, 5) is 1.61. The Labute approximate surface area is 134 Å². The molecule has 1 saturated heterocycles. The van der Waals surface area contributed by atoms with Gasteiger partial charge >= 0.3 is 12.4 Å². The molecular formula is C14H15ClF6N2. The number of alkyl halides is 6. The van der Waals surface area contributed by atoms with Crippen LogP contribution in [0.4, 0.5) is 26.3 Å². The molecule has 130 valence electrons. The van der Waals surface area contributed by atoms with Crippen molar-refractivity contribution in [2.45, 2.75) is 24.8 Å². The van der Waals surface area contributed by atoms with E-state index in [1.165, 1.54) is 0 Å². The summed E-state index contributed by atoms with van der Waals surface area (Å²) in [5, 5.41) is 2.44. The van der Waals surface area contributed by atoms with Gasteiger partial charge in [-0.2, -0.15) is 26.3 Å². The molecule has 0 aromatic heterocycles. The second-order valence-corrected chi connectivity index (χ2v) is 5.77. The van der Waals surface area contributed by atoms with Gasteiger partial charge in [0.25, 0.3) is 0 Å². The smallest absolute Gasteiger partial charge is 0.314 e. The molecule has 0 aliphatic carbocycles. The summed E-state index contributed by atoms with van der Waals surface area (Å²) in [7, 11) is 0. The molecule has 0 amide bonds. The summed E-state index contributed by atoms with van der Waals surface area (Å²) in [6.07, 6.45) is -10.2. The first-order chi connectivity index (χ1) is 10.6. The second kappa shape index (κ2) is 6.86. The normalized spacial score (nSPS) is 18.9. The zero-order chi connectivity index (χ0) is 17.3. The Kier molecular flexibility index (Phi) is 5.48. The first-order valence-corrected chi connectivity index (χ1v) is 7.34. The summed E-state index contributed by atoms with van der Waals surface area (Å²) < 4.78 is 76.8. The van der Waals surface area contributed by atoms with Gasteiger partial charge in [0.05, 0.1) is 17.0 Å². The number of nitrogens with one attached hydrogen (secondary N) is 1. The molecule has 9 heteroatoms. The minimum atomic E-state index is -4.63. The lowest BCUT2D eigenvalue weighted by Gasteiger charge is -2.35. The third-order valence-electron chi connectivity index (χ3n) is 3.70. The molecule has 0 radical (unpaired) electrons. The van der Waals surface area contributed by atoms with Crippen molar-refractivity contribution in [3.05, 3.63) is 34.3 Å². The molecule has 0 spiro atoms. The standard InChI is InChI=1S/C14H15ClF6N2/c15-11-7-9(1-2-10(11)14(19,20)21)12(8-13(16,17)18)23-5-3-22-4-6-23/h1-2,7,12,22H,3-6,8H2/t12-/m0/s1. The van der Waals surface area contributed by atoms with Crippen LogP contribution in [0.1, 0.15) is 23.6 Å². The van der Waals surface area contributed by atoms with E-state index in [0.717, 1.165) is 18.2 Å². The summed E-state index contributed by atoms with van der Waals surface area (Å²) in [6.45, 7) is 1.84. The molecule has 0 unspecified atom stereocenters. The fourth-order valence-electron chi connectivity index (χ4n) is 2.64. The first-order valence-electron chi connectivity index (χ1n) is 6.96. The van der Waals surface area contributed by atoms with Crippen LogP contribution in [-0.4, -0.2) is 37.3 Å². The maximum atomic E-state index is 12.9. The second-order valence-electron chi connectivity index (χ2n) is 5.36.